The fourth-order valence-corrected chi connectivity index (χ4v) is 4.86. The van der Waals surface area contributed by atoms with E-state index in [0.29, 0.717) is 13.0 Å². The van der Waals surface area contributed by atoms with Crippen molar-refractivity contribution >= 4 is 39.1 Å². The molecular weight excluding hydrogens is 338 g/mol. The summed E-state index contributed by atoms with van der Waals surface area (Å²) in [5, 5.41) is 1.98. The summed E-state index contributed by atoms with van der Waals surface area (Å²) in [6.45, 7) is 0.428. The van der Waals surface area contributed by atoms with E-state index in [1.165, 1.54) is 17.7 Å². The third-order valence-corrected chi connectivity index (χ3v) is 6.45. The minimum Gasteiger partial charge on any atom is -0.277 e. The lowest BCUT2D eigenvalue weighted by atomic mass is 9.79. The Labute approximate surface area is 131 Å². The van der Waals surface area contributed by atoms with Crippen LogP contribution in [-0.4, -0.2) is 16.7 Å². The summed E-state index contributed by atoms with van der Waals surface area (Å²) in [6, 6.07) is 1.96. The number of imide groups is 1. The highest BCUT2D eigenvalue weighted by Gasteiger charge is 2.50. The predicted molar refractivity (Wildman–Crippen MR) is 82.3 cm³/mol. The average molecular weight is 356 g/mol. The van der Waals surface area contributed by atoms with Crippen molar-refractivity contribution in [3.05, 3.63) is 20.8 Å². The van der Waals surface area contributed by atoms with Gasteiger partial charge < -0.3 is 0 Å². The van der Waals surface area contributed by atoms with Gasteiger partial charge in [-0.1, -0.05) is 25.7 Å². The van der Waals surface area contributed by atoms with Crippen LogP contribution in [-0.2, 0) is 16.1 Å². The van der Waals surface area contributed by atoms with E-state index in [4.69, 9.17) is 0 Å². The first-order valence-electron chi connectivity index (χ1n) is 7.19. The summed E-state index contributed by atoms with van der Waals surface area (Å²) in [6.07, 6.45) is 6.75. The third-order valence-electron chi connectivity index (χ3n) is 4.54. The average Bonchev–Trinajstić information content (AvgIpc) is 2.80. The Morgan fingerprint density at radius 3 is 2.50 bits per heavy atom. The SMILES string of the molecule is O=C1CC2(CCCCCC2)C(=O)N1Cc1sccc1Br. The van der Waals surface area contributed by atoms with E-state index in [1.807, 2.05) is 11.4 Å². The van der Waals surface area contributed by atoms with Gasteiger partial charge in [-0.2, -0.15) is 0 Å². The number of rotatable bonds is 2. The Bertz CT molecular complexity index is 532. The van der Waals surface area contributed by atoms with E-state index in [9.17, 15) is 9.59 Å². The largest absolute Gasteiger partial charge is 0.277 e. The van der Waals surface area contributed by atoms with Gasteiger partial charge in [0, 0.05) is 15.8 Å². The molecule has 1 saturated heterocycles. The monoisotopic (exact) mass is 355 g/mol. The summed E-state index contributed by atoms with van der Waals surface area (Å²) in [5.41, 5.74) is -0.378. The van der Waals surface area contributed by atoms with Gasteiger partial charge in [-0.3, -0.25) is 14.5 Å². The molecular formula is C15H18BrNO2S. The van der Waals surface area contributed by atoms with Crippen molar-refractivity contribution in [3.8, 4) is 0 Å². The molecule has 0 aromatic carbocycles. The third kappa shape index (κ3) is 2.46. The first-order chi connectivity index (χ1) is 9.62. The smallest absolute Gasteiger partial charge is 0.236 e. The zero-order valence-electron chi connectivity index (χ0n) is 11.4. The lowest BCUT2D eigenvalue weighted by Gasteiger charge is -2.24. The number of thiophene rings is 1. The maximum absolute atomic E-state index is 12.8. The van der Waals surface area contributed by atoms with Crippen molar-refractivity contribution < 1.29 is 9.59 Å². The molecule has 0 bridgehead atoms. The second kappa shape index (κ2) is 5.60. The molecule has 2 aliphatic rings. The number of carbonyl (C=O) groups excluding carboxylic acids is 2. The van der Waals surface area contributed by atoms with E-state index >= 15 is 0 Å². The van der Waals surface area contributed by atoms with Gasteiger partial charge in [0.25, 0.3) is 0 Å². The molecule has 3 nitrogen and oxygen atoms in total. The Balaban J connectivity index is 1.81. The highest BCUT2D eigenvalue weighted by molar-refractivity contribution is 9.10. The van der Waals surface area contributed by atoms with Crippen LogP contribution in [0.5, 0.6) is 0 Å². The molecule has 1 aliphatic carbocycles. The summed E-state index contributed by atoms with van der Waals surface area (Å²) < 4.78 is 0.991. The van der Waals surface area contributed by atoms with Crippen LogP contribution >= 0.6 is 27.3 Å². The molecule has 1 saturated carbocycles. The number of nitrogens with zero attached hydrogens (tertiary/aromatic N) is 1. The van der Waals surface area contributed by atoms with Gasteiger partial charge in [0.2, 0.25) is 11.8 Å². The van der Waals surface area contributed by atoms with Crippen molar-refractivity contribution in [3.63, 3.8) is 0 Å². The van der Waals surface area contributed by atoms with Gasteiger partial charge >= 0.3 is 0 Å². The van der Waals surface area contributed by atoms with Crippen LogP contribution in [0, 0.1) is 5.41 Å². The fraction of sp³-hybridized carbons (Fsp3) is 0.600. The van der Waals surface area contributed by atoms with Crippen LogP contribution in [0.2, 0.25) is 0 Å². The van der Waals surface area contributed by atoms with Crippen LogP contribution in [0.15, 0.2) is 15.9 Å². The molecule has 0 radical (unpaired) electrons. The van der Waals surface area contributed by atoms with Crippen molar-refractivity contribution in [1.29, 1.82) is 0 Å². The Morgan fingerprint density at radius 2 is 1.90 bits per heavy atom. The van der Waals surface area contributed by atoms with Gasteiger partial charge in [0.15, 0.2) is 0 Å². The zero-order chi connectivity index (χ0) is 14.2. The summed E-state index contributed by atoms with van der Waals surface area (Å²) >= 11 is 5.06. The van der Waals surface area contributed by atoms with Crippen LogP contribution in [0.25, 0.3) is 0 Å². The lowest BCUT2D eigenvalue weighted by Crippen LogP contribution is -2.35. The number of hydrogen-bond acceptors (Lipinski definition) is 3. The second-order valence-electron chi connectivity index (χ2n) is 5.85. The molecule has 20 heavy (non-hydrogen) atoms. The first kappa shape index (κ1) is 14.3. The van der Waals surface area contributed by atoms with E-state index in [2.05, 4.69) is 15.9 Å². The van der Waals surface area contributed by atoms with Gasteiger partial charge in [-0.25, -0.2) is 0 Å². The Kier molecular flexibility index (Phi) is 4.00. The van der Waals surface area contributed by atoms with Crippen LogP contribution < -0.4 is 0 Å². The summed E-state index contributed by atoms with van der Waals surface area (Å²) in [4.78, 5) is 27.6. The van der Waals surface area contributed by atoms with Crippen LogP contribution in [0.3, 0.4) is 0 Å². The van der Waals surface area contributed by atoms with Crippen LogP contribution in [0.4, 0.5) is 0 Å². The minimum absolute atomic E-state index is 0.0113. The number of amides is 2. The van der Waals surface area contributed by atoms with Gasteiger partial charge in [-0.05, 0) is 40.2 Å². The number of carbonyl (C=O) groups is 2. The molecule has 3 rings (SSSR count). The van der Waals surface area contributed by atoms with Gasteiger partial charge in [-0.15, -0.1) is 11.3 Å². The highest BCUT2D eigenvalue weighted by atomic mass is 79.9. The maximum Gasteiger partial charge on any atom is 0.236 e. The topological polar surface area (TPSA) is 37.4 Å². The molecule has 1 aromatic heterocycles. The first-order valence-corrected chi connectivity index (χ1v) is 8.86. The molecule has 108 valence electrons. The highest BCUT2D eigenvalue weighted by Crippen LogP contribution is 2.45. The van der Waals surface area contributed by atoms with E-state index in [0.717, 1.165) is 35.0 Å². The van der Waals surface area contributed by atoms with Crippen LogP contribution in [0.1, 0.15) is 49.8 Å². The van der Waals surface area contributed by atoms with Crippen molar-refractivity contribution in [1.82, 2.24) is 4.90 Å². The van der Waals surface area contributed by atoms with E-state index in [1.54, 1.807) is 11.3 Å². The molecule has 1 aromatic rings. The Morgan fingerprint density at radius 1 is 1.20 bits per heavy atom. The number of halogens is 1. The molecule has 5 heteroatoms. The fourth-order valence-electron chi connectivity index (χ4n) is 3.40. The quantitative estimate of drug-likeness (QED) is 0.748. The molecule has 2 heterocycles. The van der Waals surface area contributed by atoms with E-state index < -0.39 is 0 Å². The molecule has 1 spiro atoms. The molecule has 0 unspecified atom stereocenters. The second-order valence-corrected chi connectivity index (χ2v) is 7.70. The number of likely N-dealkylation sites (tertiary alicyclic amines) is 1. The molecule has 2 amide bonds. The molecule has 2 fully saturated rings. The van der Waals surface area contributed by atoms with Crippen molar-refractivity contribution in [2.75, 3.05) is 0 Å². The Hall–Kier alpha value is -0.680. The predicted octanol–water partition coefficient (Wildman–Crippen LogP) is 4.11. The zero-order valence-corrected chi connectivity index (χ0v) is 13.8. The minimum atomic E-state index is -0.378. The number of hydrogen-bond donors (Lipinski definition) is 0. The lowest BCUT2D eigenvalue weighted by molar-refractivity contribution is -0.142. The molecule has 0 N–H and O–H groups in total. The molecule has 0 atom stereocenters. The van der Waals surface area contributed by atoms with Gasteiger partial charge in [0.1, 0.15) is 0 Å². The summed E-state index contributed by atoms with van der Waals surface area (Å²) in [5.74, 6) is 0.0851. The normalized spacial score (nSPS) is 22.6. The standard InChI is InChI=1S/C15H18BrNO2S/c16-11-5-8-20-12(11)10-17-13(18)9-15(14(17)19)6-3-1-2-4-7-15/h5,8H,1-4,6-7,9-10H2. The maximum atomic E-state index is 12.8. The molecule has 1 aliphatic heterocycles. The van der Waals surface area contributed by atoms with E-state index in [-0.39, 0.29) is 17.2 Å². The van der Waals surface area contributed by atoms with Crippen molar-refractivity contribution in [2.24, 2.45) is 5.41 Å². The summed E-state index contributed by atoms with van der Waals surface area (Å²) in [7, 11) is 0. The van der Waals surface area contributed by atoms with Crippen molar-refractivity contribution in [2.45, 2.75) is 51.5 Å². The van der Waals surface area contributed by atoms with Gasteiger partial charge in [0.05, 0.1) is 12.0 Å².